The van der Waals surface area contributed by atoms with E-state index in [1.54, 1.807) is 20.8 Å². The maximum atomic E-state index is 13.7. The number of hydrogen-bond acceptors (Lipinski definition) is 10. The number of nitrogens with one attached hydrogen (secondary N) is 1. The van der Waals surface area contributed by atoms with Gasteiger partial charge in [-0.3, -0.25) is 19.1 Å². The van der Waals surface area contributed by atoms with Crippen molar-refractivity contribution in [2.45, 2.75) is 173 Å². The third-order valence-corrected chi connectivity index (χ3v) is 8.80. The molecule has 0 aromatic carbocycles. The molecule has 5 N–H and O–H groups in total. The molecule has 268 valence electrons. The Balaban J connectivity index is 1.65. The number of aliphatic hydroxyl groups excluding tert-OH is 2. The van der Waals surface area contributed by atoms with Gasteiger partial charge in [-0.2, -0.15) is 0 Å². The Morgan fingerprint density at radius 3 is 2.00 bits per heavy atom. The minimum atomic E-state index is -1.60. The fraction of sp³-hybridized carbons (Fsp3) is 0.824. The third kappa shape index (κ3) is 11.2. The molecule has 3 rings (SSSR count). The van der Waals surface area contributed by atoms with Crippen molar-refractivity contribution in [2.24, 2.45) is 5.73 Å². The van der Waals surface area contributed by atoms with Gasteiger partial charge in [0.15, 0.2) is 12.3 Å². The maximum Gasteiger partial charge on any atom is 0.332 e. The molecular formula is C34H58N4O9. The van der Waals surface area contributed by atoms with Crippen LogP contribution in [-0.2, 0) is 23.8 Å². The van der Waals surface area contributed by atoms with Gasteiger partial charge in [0.05, 0.1) is 0 Å². The van der Waals surface area contributed by atoms with E-state index in [2.05, 4.69) is 11.9 Å². The summed E-state index contributed by atoms with van der Waals surface area (Å²) in [5.41, 5.74) is 3.50. The molecule has 0 aliphatic carbocycles. The van der Waals surface area contributed by atoms with E-state index in [9.17, 15) is 29.4 Å². The number of H-pyrrole nitrogens is 1. The topological polar surface area (TPSA) is 186 Å². The van der Waals surface area contributed by atoms with Gasteiger partial charge < -0.3 is 35.1 Å². The number of hydrogen-bond donors (Lipinski definition) is 4. The van der Waals surface area contributed by atoms with E-state index in [0.717, 1.165) is 36.1 Å². The Bertz CT molecular complexity index is 1230. The summed E-state index contributed by atoms with van der Waals surface area (Å²) < 4.78 is 18.8. The van der Waals surface area contributed by atoms with Crippen molar-refractivity contribution in [3.63, 3.8) is 0 Å². The number of nitrogens with zero attached hydrogens (tertiary/aromatic N) is 2. The summed E-state index contributed by atoms with van der Waals surface area (Å²) in [7, 11) is 0. The number of carbonyl (C=O) groups excluding carboxylic acids is 2. The van der Waals surface area contributed by atoms with Crippen molar-refractivity contribution in [2.75, 3.05) is 6.54 Å². The minimum absolute atomic E-state index is 0.160. The molecule has 0 spiro atoms. The molecular weight excluding hydrogens is 608 g/mol. The average molecular weight is 667 g/mol. The molecule has 1 amide bonds. The number of carbonyl (C=O) groups is 2. The van der Waals surface area contributed by atoms with Crippen LogP contribution in [0, 0.1) is 0 Å². The van der Waals surface area contributed by atoms with Crippen molar-refractivity contribution < 1.29 is 34.0 Å². The van der Waals surface area contributed by atoms with E-state index < -0.39 is 65.7 Å². The van der Waals surface area contributed by atoms with Gasteiger partial charge in [-0.15, -0.1) is 0 Å². The number of aromatic nitrogens is 2. The van der Waals surface area contributed by atoms with E-state index in [1.807, 2.05) is 0 Å². The standard InChI is InChI=1S/C34H58N4O9/c1-5-6-7-8-9-10-11-12-13-14-15-16-17-18-24(40)38-25(19-21-35)45-29(26(38)32(43)47-34(2,3)4)30-27(41)28(42)31(46-30)37-22-20-23(39)36-33(37)44/h20,22,25-31,41-42H,5-19,21,35H2,1-4H3,(H,36,39,44)/t25-,26+,27+,28-,29+,30+,31-/m1/s1. The van der Waals surface area contributed by atoms with Gasteiger partial charge in [-0.25, -0.2) is 9.59 Å². The lowest BCUT2D eigenvalue weighted by atomic mass is 9.98. The van der Waals surface area contributed by atoms with Gasteiger partial charge in [0.25, 0.3) is 5.56 Å². The molecule has 2 aliphatic rings. The molecule has 2 aliphatic heterocycles. The maximum absolute atomic E-state index is 13.7. The molecule has 2 saturated heterocycles. The van der Waals surface area contributed by atoms with E-state index >= 15 is 0 Å². The van der Waals surface area contributed by atoms with Gasteiger partial charge in [-0.05, 0) is 33.7 Å². The first-order chi connectivity index (χ1) is 22.4. The second-order valence-corrected chi connectivity index (χ2v) is 13.9. The highest BCUT2D eigenvalue weighted by atomic mass is 16.6. The SMILES string of the molecule is CCCCCCCCCCCCCCCC(=O)N1[C@H](C(=O)OC(C)(C)C)[C@@H]([C@H]2O[C@@H](n3ccc(=O)[nH]c3=O)[C@H](O)[C@@H]2O)O[C@@H]1CCN. The molecule has 0 saturated carbocycles. The molecule has 7 atom stereocenters. The van der Waals surface area contributed by atoms with Gasteiger partial charge >= 0.3 is 11.7 Å². The Hall–Kier alpha value is -2.58. The molecule has 0 bridgehead atoms. The highest BCUT2D eigenvalue weighted by Gasteiger charge is 2.58. The second-order valence-electron chi connectivity index (χ2n) is 13.9. The smallest absolute Gasteiger partial charge is 0.332 e. The van der Waals surface area contributed by atoms with E-state index in [4.69, 9.17) is 19.9 Å². The number of esters is 1. The lowest BCUT2D eigenvalue weighted by Crippen LogP contribution is -2.54. The van der Waals surface area contributed by atoms with Crippen LogP contribution in [0.3, 0.4) is 0 Å². The zero-order valence-corrected chi connectivity index (χ0v) is 28.7. The average Bonchev–Trinajstić information content (AvgIpc) is 3.51. The molecule has 3 heterocycles. The molecule has 1 aromatic rings. The van der Waals surface area contributed by atoms with Crippen LogP contribution >= 0.6 is 0 Å². The van der Waals surface area contributed by atoms with Crippen molar-refractivity contribution >= 4 is 11.9 Å². The van der Waals surface area contributed by atoms with Gasteiger partial charge in [0.1, 0.15) is 36.2 Å². The molecule has 1 aromatic heterocycles. The highest BCUT2D eigenvalue weighted by Crippen LogP contribution is 2.38. The summed E-state index contributed by atoms with van der Waals surface area (Å²) in [5.74, 6) is -1.04. The Kier molecular flexibility index (Phi) is 15.6. The number of ether oxygens (including phenoxy) is 3. The largest absolute Gasteiger partial charge is 0.458 e. The van der Waals surface area contributed by atoms with Crippen molar-refractivity contribution in [3.8, 4) is 0 Å². The van der Waals surface area contributed by atoms with Crippen LogP contribution in [0.2, 0.25) is 0 Å². The monoisotopic (exact) mass is 666 g/mol. The summed E-state index contributed by atoms with van der Waals surface area (Å²) >= 11 is 0. The van der Waals surface area contributed by atoms with Crippen LogP contribution in [0.4, 0.5) is 0 Å². The van der Waals surface area contributed by atoms with E-state index in [1.165, 1.54) is 62.7 Å². The second kappa shape index (κ2) is 18.8. The summed E-state index contributed by atoms with van der Waals surface area (Å²) in [5, 5.41) is 22.0. The number of rotatable bonds is 19. The van der Waals surface area contributed by atoms with E-state index in [0.29, 0.717) is 6.42 Å². The van der Waals surface area contributed by atoms with Crippen LogP contribution in [0.1, 0.15) is 130 Å². The molecule has 0 unspecified atom stereocenters. The molecule has 2 fully saturated rings. The van der Waals surface area contributed by atoms with Crippen LogP contribution in [0.5, 0.6) is 0 Å². The Labute approximate surface area is 278 Å². The molecule has 47 heavy (non-hydrogen) atoms. The van der Waals surface area contributed by atoms with Gasteiger partial charge in [0.2, 0.25) is 5.91 Å². The molecule has 13 nitrogen and oxygen atoms in total. The Morgan fingerprint density at radius 1 is 0.894 bits per heavy atom. The van der Waals surface area contributed by atoms with Gasteiger partial charge in [-0.1, -0.05) is 84.0 Å². The predicted octanol–water partition coefficient (Wildman–Crippen LogP) is 3.25. The van der Waals surface area contributed by atoms with Crippen molar-refractivity contribution in [3.05, 3.63) is 33.1 Å². The number of aromatic amines is 1. The van der Waals surface area contributed by atoms with Crippen LogP contribution in [-0.4, -0.2) is 85.4 Å². The summed E-state index contributed by atoms with van der Waals surface area (Å²) in [6.07, 6.45) is 8.79. The number of unbranched alkanes of at least 4 members (excludes halogenated alkanes) is 12. The molecule has 0 radical (unpaired) electrons. The van der Waals surface area contributed by atoms with Crippen LogP contribution < -0.4 is 17.0 Å². The first kappa shape index (κ1) is 38.9. The van der Waals surface area contributed by atoms with Gasteiger partial charge in [0, 0.05) is 25.1 Å². The summed E-state index contributed by atoms with van der Waals surface area (Å²) in [6, 6.07) is -0.209. The first-order valence-corrected chi connectivity index (χ1v) is 17.6. The fourth-order valence-electron chi connectivity index (χ4n) is 6.43. The van der Waals surface area contributed by atoms with Crippen molar-refractivity contribution in [1.29, 1.82) is 0 Å². The van der Waals surface area contributed by atoms with E-state index in [-0.39, 0.29) is 25.3 Å². The summed E-state index contributed by atoms with van der Waals surface area (Å²) in [4.78, 5) is 54.9. The lowest BCUT2D eigenvalue weighted by molar-refractivity contribution is -0.167. The quantitative estimate of drug-likeness (QED) is 0.126. The zero-order valence-electron chi connectivity index (χ0n) is 28.7. The summed E-state index contributed by atoms with van der Waals surface area (Å²) in [6.45, 7) is 7.51. The number of aliphatic hydroxyl groups is 2. The molecule has 13 heteroatoms. The normalized spacial score (nSPS) is 26.2. The lowest BCUT2D eigenvalue weighted by Gasteiger charge is -2.31. The van der Waals surface area contributed by atoms with Crippen molar-refractivity contribution in [1.82, 2.24) is 14.5 Å². The van der Waals surface area contributed by atoms with Crippen LogP contribution in [0.25, 0.3) is 0 Å². The first-order valence-electron chi connectivity index (χ1n) is 17.6. The van der Waals surface area contributed by atoms with Crippen LogP contribution in [0.15, 0.2) is 21.9 Å². The zero-order chi connectivity index (χ0) is 34.6. The minimum Gasteiger partial charge on any atom is -0.458 e. The third-order valence-electron chi connectivity index (χ3n) is 8.80. The highest BCUT2D eigenvalue weighted by molar-refractivity contribution is 5.86. The number of amides is 1. The Morgan fingerprint density at radius 2 is 1.47 bits per heavy atom. The number of nitrogens with two attached hydrogens (primary N) is 1. The predicted molar refractivity (Wildman–Crippen MR) is 176 cm³/mol. The fourth-order valence-corrected chi connectivity index (χ4v) is 6.43.